The number of aryl methyl sites for hydroxylation is 1. The number of ether oxygens (including phenoxy) is 1. The maximum atomic E-state index is 13.8. The molecule has 0 atom stereocenters. The largest absolute Gasteiger partial charge is 0.465 e. The Morgan fingerprint density at radius 2 is 1.64 bits per heavy atom. The minimum absolute atomic E-state index is 0.0351. The minimum Gasteiger partial charge on any atom is -0.465 e. The molecule has 1 aromatic heterocycles. The Labute approximate surface area is 270 Å². The van der Waals surface area contributed by atoms with Crippen LogP contribution in [0.25, 0.3) is 6.08 Å². The summed E-state index contributed by atoms with van der Waals surface area (Å²) in [5, 5.41) is 0.629. The number of sulfonamides is 1. The molecule has 0 aliphatic carbocycles. The number of rotatable bonds is 9. The third-order valence-corrected chi connectivity index (χ3v) is 9.71. The quantitative estimate of drug-likeness (QED) is 0.105. The molecule has 0 saturated heterocycles. The summed E-state index contributed by atoms with van der Waals surface area (Å²) in [7, 11) is -2.83. The molecule has 232 valence electrons. The fourth-order valence-corrected chi connectivity index (χ4v) is 6.59. The van der Waals surface area contributed by atoms with Crippen LogP contribution in [0.1, 0.15) is 29.6 Å². The molecule has 5 rings (SSSR count). The van der Waals surface area contributed by atoms with Gasteiger partial charge in [0.25, 0.3) is 0 Å². The smallest absolute Gasteiger partial charge is 0.343 e. The highest BCUT2D eigenvalue weighted by molar-refractivity contribution is 7.89. The Morgan fingerprint density at radius 1 is 0.956 bits per heavy atom. The average molecular weight is 670 g/mol. The molecule has 0 bridgehead atoms. The molecule has 8 nitrogen and oxygen atoms in total. The van der Waals surface area contributed by atoms with E-state index in [1.807, 2.05) is 6.92 Å². The molecule has 4 aromatic rings. The zero-order valence-electron chi connectivity index (χ0n) is 24.4. The molecular formula is C33H27Cl2FN2O6S. The van der Waals surface area contributed by atoms with Crippen LogP contribution in [0.2, 0.25) is 10.0 Å². The number of allylic oxidation sites excluding steroid dienone is 2. The molecule has 0 spiro atoms. The number of halogens is 3. The van der Waals surface area contributed by atoms with Crippen molar-refractivity contribution < 1.29 is 31.6 Å². The monoisotopic (exact) mass is 668 g/mol. The van der Waals surface area contributed by atoms with E-state index in [1.54, 1.807) is 49.4 Å². The zero-order chi connectivity index (χ0) is 32.5. The molecule has 1 aliphatic rings. The molecule has 0 saturated carbocycles. The summed E-state index contributed by atoms with van der Waals surface area (Å²) in [5.74, 6) is -1.38. The van der Waals surface area contributed by atoms with Crippen LogP contribution in [0.4, 0.5) is 10.1 Å². The molecule has 0 amide bonds. The van der Waals surface area contributed by atoms with E-state index in [0.29, 0.717) is 22.0 Å². The predicted molar refractivity (Wildman–Crippen MR) is 169 cm³/mol. The van der Waals surface area contributed by atoms with Crippen LogP contribution in [0.3, 0.4) is 0 Å². The third kappa shape index (κ3) is 6.74. The van der Waals surface area contributed by atoms with Gasteiger partial charge in [-0.15, -0.1) is 0 Å². The fraction of sp³-hybridized carbons (Fsp3) is 0.152. The van der Waals surface area contributed by atoms with Crippen molar-refractivity contribution in [2.45, 2.75) is 31.8 Å². The second-order valence-electron chi connectivity index (χ2n) is 10.3. The van der Waals surface area contributed by atoms with Gasteiger partial charge in [0.1, 0.15) is 22.9 Å². The number of methoxy groups -OCH3 is 1. The number of esters is 1. The number of benzene rings is 3. The van der Waals surface area contributed by atoms with E-state index >= 15 is 0 Å². The van der Waals surface area contributed by atoms with Crippen LogP contribution in [-0.4, -0.2) is 31.6 Å². The van der Waals surface area contributed by atoms with Crippen molar-refractivity contribution in [3.63, 3.8) is 0 Å². The summed E-state index contributed by atoms with van der Waals surface area (Å²) in [6.45, 7) is 3.26. The minimum atomic E-state index is -4.00. The molecule has 45 heavy (non-hydrogen) atoms. The lowest BCUT2D eigenvalue weighted by molar-refractivity contribution is -0.137. The Kier molecular flexibility index (Phi) is 9.31. The first-order chi connectivity index (χ1) is 21.4. The van der Waals surface area contributed by atoms with Gasteiger partial charge in [0.15, 0.2) is 0 Å². The van der Waals surface area contributed by atoms with Gasteiger partial charge < -0.3 is 14.1 Å². The predicted octanol–water partition coefficient (Wildman–Crippen LogP) is 7.30. The zero-order valence-corrected chi connectivity index (χ0v) is 26.7. The Bertz CT molecular complexity index is 1950. The van der Waals surface area contributed by atoms with Gasteiger partial charge in [0, 0.05) is 24.0 Å². The van der Waals surface area contributed by atoms with Crippen LogP contribution in [0.5, 0.6) is 0 Å². The van der Waals surface area contributed by atoms with Crippen LogP contribution in [0, 0.1) is 12.7 Å². The first kappa shape index (κ1) is 32.2. The van der Waals surface area contributed by atoms with Gasteiger partial charge in [0.05, 0.1) is 34.3 Å². The van der Waals surface area contributed by atoms with Gasteiger partial charge in [-0.2, -0.15) is 4.31 Å². The average Bonchev–Trinajstić information content (AvgIpc) is 3.55. The second kappa shape index (κ2) is 13.0. The highest BCUT2D eigenvalue weighted by Crippen LogP contribution is 2.36. The van der Waals surface area contributed by atoms with E-state index < -0.39 is 27.6 Å². The molecule has 12 heteroatoms. The SMILES string of the molecule is COC(=O)C1=C(C)N(c2ccc(F)cc2)/C(=C/c2ccc(CN(Cc3ccc(Cl)c(Cl)c3)S(=O)(=O)c3ccc(C)cc3)o2)C1=O. The highest BCUT2D eigenvalue weighted by Gasteiger charge is 2.38. The van der Waals surface area contributed by atoms with E-state index in [-0.39, 0.29) is 45.8 Å². The fourth-order valence-electron chi connectivity index (χ4n) is 4.87. The van der Waals surface area contributed by atoms with Crippen LogP contribution >= 0.6 is 23.2 Å². The normalized spacial score (nSPS) is 14.6. The molecule has 0 N–H and O–H groups in total. The van der Waals surface area contributed by atoms with Gasteiger partial charge in [-0.3, -0.25) is 4.79 Å². The summed E-state index contributed by atoms with van der Waals surface area (Å²) in [6, 6.07) is 20.0. The summed E-state index contributed by atoms with van der Waals surface area (Å²) in [4.78, 5) is 27.5. The van der Waals surface area contributed by atoms with Gasteiger partial charge in [-0.1, -0.05) is 47.0 Å². The van der Waals surface area contributed by atoms with Crippen molar-refractivity contribution in [2.24, 2.45) is 0 Å². The Balaban J connectivity index is 1.50. The number of furan rings is 1. The first-order valence-corrected chi connectivity index (χ1v) is 15.8. The van der Waals surface area contributed by atoms with Crippen LogP contribution in [-0.2, 0) is 37.4 Å². The topological polar surface area (TPSA) is 97.1 Å². The van der Waals surface area contributed by atoms with E-state index in [2.05, 4.69) is 0 Å². The van der Waals surface area contributed by atoms with Crippen LogP contribution in [0.15, 0.2) is 105 Å². The van der Waals surface area contributed by atoms with Crippen molar-refractivity contribution >= 4 is 56.7 Å². The van der Waals surface area contributed by atoms with Crippen molar-refractivity contribution in [1.82, 2.24) is 4.31 Å². The number of hydrogen-bond donors (Lipinski definition) is 0. The van der Waals surface area contributed by atoms with Gasteiger partial charge in [-0.25, -0.2) is 17.6 Å². The number of nitrogens with zero attached hydrogens (tertiary/aromatic N) is 2. The lowest BCUT2D eigenvalue weighted by Crippen LogP contribution is -2.30. The molecule has 3 aromatic carbocycles. The summed E-state index contributed by atoms with van der Waals surface area (Å²) in [6.07, 6.45) is 1.44. The van der Waals surface area contributed by atoms with E-state index in [9.17, 15) is 22.4 Å². The van der Waals surface area contributed by atoms with Crippen molar-refractivity contribution in [3.8, 4) is 0 Å². The van der Waals surface area contributed by atoms with E-state index in [1.165, 1.54) is 58.8 Å². The lowest BCUT2D eigenvalue weighted by atomic mass is 10.1. The van der Waals surface area contributed by atoms with Gasteiger partial charge >= 0.3 is 5.97 Å². The van der Waals surface area contributed by atoms with E-state index in [4.69, 9.17) is 32.4 Å². The Morgan fingerprint density at radius 3 is 2.29 bits per heavy atom. The highest BCUT2D eigenvalue weighted by atomic mass is 35.5. The molecular weight excluding hydrogens is 642 g/mol. The number of Topliss-reactive ketones (excluding diaryl/α,β-unsaturated/α-hetero) is 1. The Hall–Kier alpha value is -4.22. The number of carbonyl (C=O) groups is 2. The molecule has 2 heterocycles. The third-order valence-electron chi connectivity index (χ3n) is 7.17. The summed E-state index contributed by atoms with van der Waals surface area (Å²) >= 11 is 12.3. The summed E-state index contributed by atoms with van der Waals surface area (Å²) < 4.78 is 53.4. The van der Waals surface area contributed by atoms with Crippen molar-refractivity contribution in [3.05, 3.63) is 134 Å². The lowest BCUT2D eigenvalue weighted by Gasteiger charge is -2.22. The molecule has 0 unspecified atom stereocenters. The van der Waals surface area contributed by atoms with Gasteiger partial charge in [-0.05, 0) is 80.1 Å². The maximum absolute atomic E-state index is 13.8. The molecule has 1 aliphatic heterocycles. The second-order valence-corrected chi connectivity index (χ2v) is 13.0. The molecule has 0 radical (unpaired) electrons. The number of hydrogen-bond acceptors (Lipinski definition) is 7. The first-order valence-electron chi connectivity index (χ1n) is 13.6. The maximum Gasteiger partial charge on any atom is 0.343 e. The van der Waals surface area contributed by atoms with Crippen LogP contribution < -0.4 is 4.90 Å². The van der Waals surface area contributed by atoms with E-state index in [0.717, 1.165) is 5.56 Å². The molecule has 0 fully saturated rings. The summed E-state index contributed by atoms with van der Waals surface area (Å²) in [5.41, 5.74) is 2.16. The number of ketones is 1. The number of anilines is 1. The number of carbonyl (C=O) groups excluding carboxylic acids is 2. The van der Waals surface area contributed by atoms with Crippen molar-refractivity contribution in [2.75, 3.05) is 12.0 Å². The van der Waals surface area contributed by atoms with Crippen molar-refractivity contribution in [1.29, 1.82) is 0 Å². The standard InChI is InChI=1S/C33H27Cl2FN2O6S/c1-20-4-13-27(14-5-20)45(41,42)37(18-22-6-15-28(34)29(35)16-22)19-26-12-11-25(44-26)17-30-32(39)31(33(40)43-3)21(2)38(30)24-9-7-23(36)8-10-24/h4-17H,18-19H2,1-3H3/b30-17+. The van der Waals surface area contributed by atoms with Gasteiger partial charge in [0.2, 0.25) is 15.8 Å².